The summed E-state index contributed by atoms with van der Waals surface area (Å²) < 4.78 is 1.78. The van der Waals surface area contributed by atoms with Gasteiger partial charge in [-0.15, -0.1) is 0 Å². The molecule has 0 atom stereocenters. The minimum atomic E-state index is -0.146. The summed E-state index contributed by atoms with van der Waals surface area (Å²) in [5.74, 6) is -0.146. The first-order chi connectivity index (χ1) is 11.1. The van der Waals surface area contributed by atoms with Gasteiger partial charge in [-0.1, -0.05) is 11.6 Å². The van der Waals surface area contributed by atoms with Crippen molar-refractivity contribution in [1.82, 2.24) is 20.1 Å². The lowest BCUT2D eigenvalue weighted by Gasteiger charge is -2.07. The Balaban J connectivity index is 1.70. The molecule has 3 aromatic rings. The van der Waals surface area contributed by atoms with Crippen molar-refractivity contribution < 1.29 is 4.79 Å². The summed E-state index contributed by atoms with van der Waals surface area (Å²) >= 11 is 5.82. The first-order valence-corrected chi connectivity index (χ1v) is 7.47. The Morgan fingerprint density at radius 1 is 1.22 bits per heavy atom. The molecule has 0 unspecified atom stereocenters. The Morgan fingerprint density at radius 2 is 2.00 bits per heavy atom. The van der Waals surface area contributed by atoms with Crippen molar-refractivity contribution in [2.75, 3.05) is 0 Å². The summed E-state index contributed by atoms with van der Waals surface area (Å²) in [7, 11) is 1.88. The molecule has 0 saturated carbocycles. The molecule has 6 heteroatoms. The standard InChI is InChI=1S/C17H15ClN4O/c1-22-16(6-7-21-22)14-8-12(9-19-11-14)10-20-17(23)13-2-4-15(18)5-3-13/h2-9,11H,10H2,1H3,(H,20,23). The van der Waals surface area contributed by atoms with Gasteiger partial charge >= 0.3 is 0 Å². The number of aromatic nitrogens is 3. The van der Waals surface area contributed by atoms with Crippen LogP contribution in [0.5, 0.6) is 0 Å². The second kappa shape index (κ2) is 6.62. The Kier molecular flexibility index (Phi) is 4.39. The van der Waals surface area contributed by atoms with Crippen molar-refractivity contribution in [3.8, 4) is 11.3 Å². The molecule has 0 aliphatic heterocycles. The second-order valence-electron chi connectivity index (χ2n) is 5.11. The van der Waals surface area contributed by atoms with Crippen LogP contribution in [0.25, 0.3) is 11.3 Å². The van der Waals surface area contributed by atoms with E-state index in [0.717, 1.165) is 16.8 Å². The molecule has 23 heavy (non-hydrogen) atoms. The Hall–Kier alpha value is -2.66. The quantitative estimate of drug-likeness (QED) is 0.801. The Bertz CT molecular complexity index is 827. The van der Waals surface area contributed by atoms with E-state index in [1.807, 2.05) is 19.2 Å². The van der Waals surface area contributed by atoms with Crippen LogP contribution in [-0.2, 0) is 13.6 Å². The van der Waals surface area contributed by atoms with Crippen molar-refractivity contribution in [3.05, 3.63) is 71.1 Å². The van der Waals surface area contributed by atoms with Crippen LogP contribution in [0, 0.1) is 0 Å². The smallest absolute Gasteiger partial charge is 0.251 e. The third kappa shape index (κ3) is 3.57. The zero-order valence-electron chi connectivity index (χ0n) is 12.5. The summed E-state index contributed by atoms with van der Waals surface area (Å²) in [6.07, 6.45) is 5.26. The number of amides is 1. The number of aryl methyl sites for hydroxylation is 1. The SMILES string of the molecule is Cn1nccc1-c1cncc(CNC(=O)c2ccc(Cl)cc2)c1. The molecule has 0 aliphatic rings. The molecule has 0 radical (unpaired) electrons. The van der Waals surface area contributed by atoms with E-state index in [-0.39, 0.29) is 5.91 Å². The number of hydrogen-bond acceptors (Lipinski definition) is 3. The number of halogens is 1. The maximum atomic E-state index is 12.1. The van der Waals surface area contributed by atoms with Crippen LogP contribution in [0.4, 0.5) is 0 Å². The third-order valence-corrected chi connectivity index (χ3v) is 3.72. The van der Waals surface area contributed by atoms with Gasteiger partial charge in [-0.25, -0.2) is 0 Å². The van der Waals surface area contributed by atoms with Gasteiger partial charge in [0.2, 0.25) is 0 Å². The van der Waals surface area contributed by atoms with E-state index in [2.05, 4.69) is 15.4 Å². The minimum Gasteiger partial charge on any atom is -0.348 e. The summed E-state index contributed by atoms with van der Waals surface area (Å²) in [4.78, 5) is 16.3. The third-order valence-electron chi connectivity index (χ3n) is 3.47. The highest BCUT2D eigenvalue weighted by Crippen LogP contribution is 2.18. The molecule has 0 fully saturated rings. The highest BCUT2D eigenvalue weighted by Gasteiger charge is 2.07. The van der Waals surface area contributed by atoms with Crippen LogP contribution in [0.15, 0.2) is 55.0 Å². The van der Waals surface area contributed by atoms with Crippen molar-refractivity contribution in [2.24, 2.45) is 7.05 Å². The molecular formula is C17H15ClN4O. The van der Waals surface area contributed by atoms with Gasteiger partial charge in [0.1, 0.15) is 0 Å². The van der Waals surface area contributed by atoms with E-state index >= 15 is 0 Å². The number of hydrogen-bond donors (Lipinski definition) is 1. The first-order valence-electron chi connectivity index (χ1n) is 7.09. The number of rotatable bonds is 4. The van der Waals surface area contributed by atoms with Gasteiger partial charge in [-0.3, -0.25) is 14.5 Å². The zero-order valence-corrected chi connectivity index (χ0v) is 13.3. The number of carbonyl (C=O) groups excluding carboxylic acids is 1. The van der Waals surface area contributed by atoms with Crippen molar-refractivity contribution >= 4 is 17.5 Å². The van der Waals surface area contributed by atoms with Crippen molar-refractivity contribution in [3.63, 3.8) is 0 Å². The van der Waals surface area contributed by atoms with Crippen LogP contribution >= 0.6 is 11.6 Å². The summed E-state index contributed by atoms with van der Waals surface area (Å²) in [5.41, 5.74) is 3.43. The normalized spacial score (nSPS) is 10.5. The molecule has 1 aromatic carbocycles. The van der Waals surface area contributed by atoms with Crippen LogP contribution < -0.4 is 5.32 Å². The molecule has 0 saturated heterocycles. The van der Waals surface area contributed by atoms with E-state index < -0.39 is 0 Å². The van der Waals surface area contributed by atoms with Crippen molar-refractivity contribution in [2.45, 2.75) is 6.54 Å². The van der Waals surface area contributed by atoms with E-state index in [0.29, 0.717) is 17.1 Å². The minimum absolute atomic E-state index is 0.146. The molecular weight excluding hydrogens is 312 g/mol. The predicted molar refractivity (Wildman–Crippen MR) is 89.1 cm³/mol. The molecule has 0 bridgehead atoms. The summed E-state index contributed by atoms with van der Waals surface area (Å²) in [6, 6.07) is 10.7. The maximum absolute atomic E-state index is 12.1. The van der Waals surface area contributed by atoms with Crippen LogP contribution in [0.2, 0.25) is 5.02 Å². The van der Waals surface area contributed by atoms with E-state index in [4.69, 9.17) is 11.6 Å². The molecule has 3 rings (SSSR count). The fourth-order valence-corrected chi connectivity index (χ4v) is 2.39. The molecule has 5 nitrogen and oxygen atoms in total. The fraction of sp³-hybridized carbons (Fsp3) is 0.118. The van der Waals surface area contributed by atoms with Crippen molar-refractivity contribution in [1.29, 1.82) is 0 Å². The monoisotopic (exact) mass is 326 g/mol. The number of carbonyl (C=O) groups is 1. The van der Waals surface area contributed by atoms with Gasteiger partial charge in [0, 0.05) is 48.3 Å². The lowest BCUT2D eigenvalue weighted by Crippen LogP contribution is -2.22. The second-order valence-corrected chi connectivity index (χ2v) is 5.55. The van der Waals surface area contributed by atoms with Gasteiger partial charge in [0.15, 0.2) is 0 Å². The Labute approximate surface area is 138 Å². The highest BCUT2D eigenvalue weighted by atomic mass is 35.5. The number of pyridine rings is 1. The van der Waals surface area contributed by atoms with Gasteiger partial charge in [0.25, 0.3) is 5.91 Å². The lowest BCUT2D eigenvalue weighted by molar-refractivity contribution is 0.0951. The molecule has 2 heterocycles. The molecule has 1 N–H and O–H groups in total. The number of nitrogens with one attached hydrogen (secondary N) is 1. The average Bonchev–Trinajstić information content (AvgIpc) is 3.00. The van der Waals surface area contributed by atoms with Gasteiger partial charge < -0.3 is 5.32 Å². The first kappa shape index (κ1) is 15.2. The number of benzene rings is 1. The fourth-order valence-electron chi connectivity index (χ4n) is 2.27. The predicted octanol–water partition coefficient (Wildman–Crippen LogP) is 3.07. The number of nitrogens with zero attached hydrogens (tertiary/aromatic N) is 3. The maximum Gasteiger partial charge on any atom is 0.251 e. The van der Waals surface area contributed by atoms with Crippen LogP contribution in [0.1, 0.15) is 15.9 Å². The molecule has 116 valence electrons. The van der Waals surface area contributed by atoms with Gasteiger partial charge in [0.05, 0.1) is 5.69 Å². The molecule has 0 spiro atoms. The van der Waals surface area contributed by atoms with Gasteiger partial charge in [-0.2, -0.15) is 5.10 Å². The van der Waals surface area contributed by atoms with E-state index in [1.165, 1.54) is 0 Å². The van der Waals surface area contributed by atoms with E-state index in [1.54, 1.807) is 47.5 Å². The van der Waals surface area contributed by atoms with Gasteiger partial charge in [-0.05, 0) is 42.0 Å². The Morgan fingerprint density at radius 3 is 2.70 bits per heavy atom. The average molecular weight is 327 g/mol. The summed E-state index contributed by atoms with van der Waals surface area (Å²) in [5, 5.41) is 7.64. The van der Waals surface area contributed by atoms with Crippen LogP contribution in [0.3, 0.4) is 0 Å². The van der Waals surface area contributed by atoms with E-state index in [9.17, 15) is 4.79 Å². The zero-order chi connectivity index (χ0) is 16.2. The molecule has 0 aliphatic carbocycles. The molecule has 2 aromatic heterocycles. The lowest BCUT2D eigenvalue weighted by atomic mass is 10.1. The largest absolute Gasteiger partial charge is 0.348 e. The highest BCUT2D eigenvalue weighted by molar-refractivity contribution is 6.30. The van der Waals surface area contributed by atoms with Crippen LogP contribution in [-0.4, -0.2) is 20.7 Å². The summed E-state index contributed by atoms with van der Waals surface area (Å²) in [6.45, 7) is 0.403. The topological polar surface area (TPSA) is 59.8 Å². The molecule has 1 amide bonds.